The highest BCUT2D eigenvalue weighted by atomic mass is 16.5. The Morgan fingerprint density at radius 1 is 0.917 bits per heavy atom. The van der Waals surface area contributed by atoms with Gasteiger partial charge in [0.05, 0.1) is 44.1 Å². The van der Waals surface area contributed by atoms with E-state index in [-0.39, 0.29) is 17.9 Å². The van der Waals surface area contributed by atoms with Gasteiger partial charge in [0, 0.05) is 6.54 Å². The Balaban J connectivity index is 1.84. The number of ketones is 1. The molecule has 1 aliphatic rings. The smallest absolute Gasteiger partial charge is 0.337 e. The highest BCUT2D eigenvalue weighted by Crippen LogP contribution is 2.42. The fraction of sp³-hybridized carbons (Fsp3) is 0.179. The van der Waals surface area contributed by atoms with Crippen LogP contribution in [-0.2, 0) is 20.9 Å². The summed E-state index contributed by atoms with van der Waals surface area (Å²) in [6.07, 6.45) is 0. The summed E-state index contributed by atoms with van der Waals surface area (Å²) in [6.45, 7) is 0.0661. The van der Waals surface area contributed by atoms with Crippen LogP contribution in [0.2, 0.25) is 0 Å². The second-order valence-corrected chi connectivity index (χ2v) is 8.09. The number of hydrogen-bond acceptors (Lipinski definition) is 7. The van der Waals surface area contributed by atoms with E-state index in [4.69, 9.17) is 14.2 Å². The number of para-hydroxylation sites is 1. The van der Waals surface area contributed by atoms with E-state index >= 15 is 0 Å². The minimum absolute atomic E-state index is 0.0519. The van der Waals surface area contributed by atoms with Crippen LogP contribution >= 0.6 is 0 Å². The number of amides is 1. The zero-order valence-corrected chi connectivity index (χ0v) is 20.1. The second-order valence-electron chi connectivity index (χ2n) is 8.09. The molecule has 36 heavy (non-hydrogen) atoms. The highest BCUT2D eigenvalue weighted by molar-refractivity contribution is 6.46. The summed E-state index contributed by atoms with van der Waals surface area (Å²) >= 11 is 0. The van der Waals surface area contributed by atoms with E-state index in [0.717, 1.165) is 0 Å². The van der Waals surface area contributed by atoms with E-state index in [2.05, 4.69) is 0 Å². The van der Waals surface area contributed by atoms with Crippen molar-refractivity contribution < 1.29 is 33.7 Å². The van der Waals surface area contributed by atoms with Crippen molar-refractivity contribution in [2.75, 3.05) is 21.3 Å². The molecule has 1 aliphatic heterocycles. The van der Waals surface area contributed by atoms with Crippen LogP contribution in [0.25, 0.3) is 5.76 Å². The van der Waals surface area contributed by atoms with Gasteiger partial charge in [-0.25, -0.2) is 4.79 Å². The molecule has 1 atom stereocenters. The van der Waals surface area contributed by atoms with Crippen LogP contribution < -0.4 is 9.47 Å². The van der Waals surface area contributed by atoms with Gasteiger partial charge >= 0.3 is 5.97 Å². The average Bonchev–Trinajstić information content (AvgIpc) is 3.17. The lowest BCUT2D eigenvalue weighted by Crippen LogP contribution is -2.29. The third-order valence-electron chi connectivity index (χ3n) is 6.04. The zero-order valence-electron chi connectivity index (χ0n) is 20.1. The number of benzene rings is 3. The summed E-state index contributed by atoms with van der Waals surface area (Å²) in [4.78, 5) is 39.7. The number of Topliss-reactive ketones (excluding diaryl/α,β-unsaturated/α-hetero) is 1. The summed E-state index contributed by atoms with van der Waals surface area (Å²) in [5, 5.41) is 11.3. The van der Waals surface area contributed by atoms with Gasteiger partial charge in [-0.15, -0.1) is 0 Å². The van der Waals surface area contributed by atoms with Crippen molar-refractivity contribution in [3.63, 3.8) is 0 Å². The molecule has 184 valence electrons. The largest absolute Gasteiger partial charge is 0.507 e. The van der Waals surface area contributed by atoms with Crippen LogP contribution in [0, 0.1) is 0 Å². The molecule has 0 aromatic heterocycles. The third-order valence-corrected chi connectivity index (χ3v) is 6.04. The van der Waals surface area contributed by atoms with Crippen LogP contribution in [0.4, 0.5) is 0 Å². The molecular formula is C28H25NO7. The average molecular weight is 488 g/mol. The number of ether oxygens (including phenoxy) is 3. The van der Waals surface area contributed by atoms with E-state index in [9.17, 15) is 19.5 Å². The molecule has 8 nitrogen and oxygen atoms in total. The lowest BCUT2D eigenvalue weighted by molar-refractivity contribution is -0.140. The number of esters is 1. The van der Waals surface area contributed by atoms with Gasteiger partial charge in [0.1, 0.15) is 17.3 Å². The van der Waals surface area contributed by atoms with Crippen molar-refractivity contribution >= 4 is 23.4 Å². The maximum Gasteiger partial charge on any atom is 0.337 e. The number of carbonyl (C=O) groups is 3. The van der Waals surface area contributed by atoms with E-state index in [0.29, 0.717) is 33.8 Å². The molecule has 1 unspecified atom stereocenters. The van der Waals surface area contributed by atoms with Crippen molar-refractivity contribution in [1.29, 1.82) is 0 Å². The maximum absolute atomic E-state index is 13.3. The molecule has 1 fully saturated rings. The van der Waals surface area contributed by atoms with Crippen molar-refractivity contribution in [2.45, 2.75) is 12.6 Å². The van der Waals surface area contributed by atoms with Gasteiger partial charge in [0.15, 0.2) is 0 Å². The number of carbonyl (C=O) groups excluding carboxylic acids is 3. The molecule has 0 aliphatic carbocycles. The summed E-state index contributed by atoms with van der Waals surface area (Å²) in [6, 6.07) is 19.4. The highest BCUT2D eigenvalue weighted by Gasteiger charge is 2.46. The minimum Gasteiger partial charge on any atom is -0.507 e. The summed E-state index contributed by atoms with van der Waals surface area (Å²) < 4.78 is 15.5. The van der Waals surface area contributed by atoms with Gasteiger partial charge in [-0.3, -0.25) is 9.59 Å². The molecule has 0 spiro atoms. The Kier molecular flexibility index (Phi) is 7.05. The second kappa shape index (κ2) is 10.4. The quantitative estimate of drug-likeness (QED) is 0.232. The first kappa shape index (κ1) is 24.5. The molecule has 3 aromatic carbocycles. The maximum atomic E-state index is 13.3. The monoisotopic (exact) mass is 487 g/mol. The van der Waals surface area contributed by atoms with Crippen molar-refractivity contribution in [1.82, 2.24) is 4.90 Å². The molecule has 0 saturated carbocycles. The lowest BCUT2D eigenvalue weighted by Gasteiger charge is -2.26. The fourth-order valence-corrected chi connectivity index (χ4v) is 4.25. The van der Waals surface area contributed by atoms with E-state index in [1.807, 2.05) is 0 Å². The van der Waals surface area contributed by atoms with Gasteiger partial charge in [0.2, 0.25) is 0 Å². The molecular weight excluding hydrogens is 462 g/mol. The van der Waals surface area contributed by atoms with Crippen molar-refractivity contribution in [3.05, 3.63) is 101 Å². The predicted molar refractivity (Wildman–Crippen MR) is 132 cm³/mol. The van der Waals surface area contributed by atoms with Crippen LogP contribution in [0.15, 0.2) is 78.4 Å². The molecule has 4 rings (SSSR count). The first-order chi connectivity index (χ1) is 17.4. The SMILES string of the molecule is COC(=O)c1ccc(CN2C(=O)C(=O)/C(=C(/O)c3ccccc3OC)C2c2cccc(OC)c2)cc1. The fourth-order valence-electron chi connectivity index (χ4n) is 4.25. The molecule has 0 radical (unpaired) electrons. The molecule has 0 bridgehead atoms. The van der Waals surface area contributed by atoms with Gasteiger partial charge in [-0.2, -0.15) is 0 Å². The topological polar surface area (TPSA) is 102 Å². The number of hydrogen-bond donors (Lipinski definition) is 1. The Hall–Kier alpha value is -4.59. The molecule has 8 heteroatoms. The van der Waals surface area contributed by atoms with E-state index in [1.54, 1.807) is 72.8 Å². The van der Waals surface area contributed by atoms with Gasteiger partial charge in [0.25, 0.3) is 11.7 Å². The number of nitrogens with zero attached hydrogens (tertiary/aromatic N) is 1. The normalized spacial score (nSPS) is 16.6. The molecule has 3 aromatic rings. The number of methoxy groups -OCH3 is 3. The van der Waals surface area contributed by atoms with Crippen molar-refractivity contribution in [3.8, 4) is 11.5 Å². The molecule has 1 heterocycles. The van der Waals surface area contributed by atoms with Crippen LogP contribution in [0.1, 0.15) is 33.1 Å². The number of aliphatic hydroxyl groups is 1. The van der Waals surface area contributed by atoms with E-state index < -0.39 is 23.7 Å². The minimum atomic E-state index is -0.884. The standard InChI is InChI=1S/C28H25NO7/c1-34-20-8-6-7-19(15-20)24-23(25(30)21-9-4-5-10-22(21)35-2)26(31)27(32)29(24)16-17-11-13-18(14-12-17)28(33)36-3/h4-15,24,30H,16H2,1-3H3/b25-23+. The number of likely N-dealkylation sites (tertiary alicyclic amines) is 1. The van der Waals surface area contributed by atoms with E-state index in [1.165, 1.54) is 26.2 Å². The van der Waals surface area contributed by atoms with Crippen LogP contribution in [-0.4, -0.2) is 49.0 Å². The number of rotatable bonds is 7. The van der Waals surface area contributed by atoms with Gasteiger partial charge in [-0.1, -0.05) is 36.4 Å². The summed E-state index contributed by atoms with van der Waals surface area (Å²) in [5.41, 5.74) is 1.90. The first-order valence-corrected chi connectivity index (χ1v) is 11.1. The van der Waals surface area contributed by atoms with Crippen LogP contribution in [0.5, 0.6) is 11.5 Å². The Labute approximate surface area is 208 Å². The van der Waals surface area contributed by atoms with Gasteiger partial charge in [-0.05, 0) is 47.5 Å². The summed E-state index contributed by atoms with van der Waals surface area (Å²) in [5.74, 6) is -1.46. The Morgan fingerprint density at radius 2 is 1.64 bits per heavy atom. The number of aliphatic hydroxyl groups excluding tert-OH is 1. The zero-order chi connectivity index (χ0) is 25.8. The first-order valence-electron chi connectivity index (χ1n) is 11.1. The van der Waals surface area contributed by atoms with Gasteiger partial charge < -0.3 is 24.2 Å². The lowest BCUT2D eigenvalue weighted by atomic mass is 9.94. The van der Waals surface area contributed by atoms with Crippen LogP contribution in [0.3, 0.4) is 0 Å². The Bertz CT molecular complexity index is 1340. The molecule has 1 saturated heterocycles. The predicted octanol–water partition coefficient (Wildman–Crippen LogP) is 4.11. The third kappa shape index (κ3) is 4.53. The van der Waals surface area contributed by atoms with Crippen molar-refractivity contribution in [2.24, 2.45) is 0 Å². The Morgan fingerprint density at radius 3 is 2.31 bits per heavy atom. The molecule has 1 amide bonds. The summed E-state index contributed by atoms with van der Waals surface area (Å²) in [7, 11) is 4.28. The molecule has 1 N–H and O–H groups in total.